The van der Waals surface area contributed by atoms with Crippen molar-refractivity contribution in [3.8, 4) is 0 Å². The molecule has 2 aromatic carbocycles. The fourth-order valence-corrected chi connectivity index (χ4v) is 2.16. The summed E-state index contributed by atoms with van der Waals surface area (Å²) in [7, 11) is 0. The van der Waals surface area contributed by atoms with Crippen molar-refractivity contribution in [2.45, 2.75) is 25.9 Å². The minimum atomic E-state index is -4.35. The van der Waals surface area contributed by atoms with Gasteiger partial charge in [0.15, 0.2) is 0 Å². The van der Waals surface area contributed by atoms with Crippen LogP contribution in [0.4, 0.5) is 17.6 Å². The van der Waals surface area contributed by atoms with Crippen LogP contribution in [0.2, 0.25) is 0 Å². The van der Waals surface area contributed by atoms with E-state index < -0.39 is 11.7 Å². The summed E-state index contributed by atoms with van der Waals surface area (Å²) in [5.74, 6) is -0.342. The maximum atomic E-state index is 13.0. The van der Waals surface area contributed by atoms with Crippen LogP contribution in [0.25, 0.3) is 5.57 Å². The van der Waals surface area contributed by atoms with Gasteiger partial charge < -0.3 is 0 Å². The molecule has 0 unspecified atom stereocenters. The predicted molar refractivity (Wildman–Crippen MR) is 79.8 cm³/mol. The van der Waals surface area contributed by atoms with E-state index in [0.29, 0.717) is 5.56 Å². The Balaban J connectivity index is 2.40. The Bertz CT molecular complexity index is 634. The van der Waals surface area contributed by atoms with Gasteiger partial charge in [-0.1, -0.05) is 43.7 Å². The Labute approximate surface area is 127 Å². The van der Waals surface area contributed by atoms with Crippen LogP contribution in [0.15, 0.2) is 54.6 Å². The van der Waals surface area contributed by atoms with Gasteiger partial charge in [-0.2, -0.15) is 13.2 Å². The van der Waals surface area contributed by atoms with Crippen LogP contribution in [-0.2, 0) is 6.18 Å². The fraction of sp³-hybridized carbons (Fsp3) is 0.222. The van der Waals surface area contributed by atoms with Crippen LogP contribution in [-0.4, -0.2) is 0 Å². The molecule has 0 nitrogen and oxygen atoms in total. The number of alkyl halides is 3. The first-order valence-corrected chi connectivity index (χ1v) is 7.05. The number of hydrogen-bond donors (Lipinski definition) is 0. The lowest BCUT2D eigenvalue weighted by atomic mass is 9.95. The third-order valence-corrected chi connectivity index (χ3v) is 3.32. The monoisotopic (exact) mass is 308 g/mol. The molecule has 2 rings (SSSR count). The van der Waals surface area contributed by atoms with Gasteiger partial charge in [-0.15, -0.1) is 0 Å². The van der Waals surface area contributed by atoms with E-state index in [2.05, 4.69) is 0 Å². The summed E-state index contributed by atoms with van der Waals surface area (Å²) in [6.07, 6.45) is -0.656. The third kappa shape index (κ3) is 3.97. The molecule has 0 bridgehead atoms. The van der Waals surface area contributed by atoms with Crippen molar-refractivity contribution < 1.29 is 17.6 Å². The maximum absolute atomic E-state index is 13.0. The number of unbranched alkanes of at least 4 members (excludes halogenated alkanes) is 1. The van der Waals surface area contributed by atoms with Crippen molar-refractivity contribution in [1.82, 2.24) is 0 Å². The number of allylic oxidation sites excluding steroid dienone is 1. The van der Waals surface area contributed by atoms with E-state index in [9.17, 15) is 17.6 Å². The molecule has 22 heavy (non-hydrogen) atoms. The van der Waals surface area contributed by atoms with Crippen molar-refractivity contribution in [3.05, 3.63) is 77.1 Å². The van der Waals surface area contributed by atoms with Crippen LogP contribution in [0.5, 0.6) is 0 Å². The Morgan fingerprint density at radius 2 is 1.41 bits per heavy atom. The highest BCUT2D eigenvalue weighted by molar-refractivity contribution is 5.79. The molecule has 0 heterocycles. The Hall–Kier alpha value is -2.10. The highest BCUT2D eigenvalue weighted by Crippen LogP contribution is 2.31. The molecule has 0 atom stereocenters. The number of rotatable bonds is 4. The maximum Gasteiger partial charge on any atom is 0.416 e. The lowest BCUT2D eigenvalue weighted by molar-refractivity contribution is -0.137. The van der Waals surface area contributed by atoms with Gasteiger partial charge in [0.05, 0.1) is 5.56 Å². The summed E-state index contributed by atoms with van der Waals surface area (Å²) in [6.45, 7) is 2.02. The molecule has 0 spiro atoms. The van der Waals surface area contributed by atoms with Gasteiger partial charge in [-0.25, -0.2) is 4.39 Å². The zero-order valence-electron chi connectivity index (χ0n) is 12.1. The summed E-state index contributed by atoms with van der Waals surface area (Å²) in [6, 6.07) is 11.0. The standard InChI is InChI=1S/C18H16F4/c1-2-3-4-17(14-7-11-16(19)12-8-14)13-5-9-15(10-6-13)18(20,21)22/h4-12H,2-3H2,1H3. The predicted octanol–water partition coefficient (Wildman–Crippen LogP) is 6.08. The van der Waals surface area contributed by atoms with Gasteiger partial charge in [0.2, 0.25) is 0 Å². The number of halogens is 4. The van der Waals surface area contributed by atoms with Gasteiger partial charge in [-0.05, 0) is 47.4 Å². The van der Waals surface area contributed by atoms with E-state index in [1.54, 1.807) is 12.1 Å². The second kappa shape index (κ2) is 6.77. The molecule has 0 saturated heterocycles. The minimum Gasteiger partial charge on any atom is -0.207 e. The van der Waals surface area contributed by atoms with Crippen LogP contribution in [0, 0.1) is 5.82 Å². The molecule has 0 N–H and O–H groups in total. The van der Waals surface area contributed by atoms with E-state index in [-0.39, 0.29) is 5.82 Å². The molecular formula is C18H16F4. The van der Waals surface area contributed by atoms with Gasteiger partial charge in [0.25, 0.3) is 0 Å². The van der Waals surface area contributed by atoms with E-state index >= 15 is 0 Å². The smallest absolute Gasteiger partial charge is 0.207 e. The average Bonchev–Trinajstić information content (AvgIpc) is 2.49. The third-order valence-electron chi connectivity index (χ3n) is 3.32. The first-order chi connectivity index (χ1) is 10.4. The van der Waals surface area contributed by atoms with Crippen LogP contribution in [0.3, 0.4) is 0 Å². The molecule has 0 aliphatic rings. The molecule has 0 saturated carbocycles. The van der Waals surface area contributed by atoms with Crippen molar-refractivity contribution >= 4 is 5.57 Å². The molecule has 4 heteroatoms. The van der Waals surface area contributed by atoms with Crippen LogP contribution >= 0.6 is 0 Å². The molecule has 0 aliphatic heterocycles. The first kappa shape index (κ1) is 16.3. The quantitative estimate of drug-likeness (QED) is 0.601. The summed E-state index contributed by atoms with van der Waals surface area (Å²) >= 11 is 0. The lowest BCUT2D eigenvalue weighted by Crippen LogP contribution is -2.04. The molecule has 0 amide bonds. The van der Waals surface area contributed by atoms with Crippen molar-refractivity contribution in [2.24, 2.45) is 0 Å². The highest BCUT2D eigenvalue weighted by atomic mass is 19.4. The Morgan fingerprint density at radius 1 is 0.909 bits per heavy atom. The van der Waals surface area contributed by atoms with Crippen molar-refractivity contribution in [3.63, 3.8) is 0 Å². The highest BCUT2D eigenvalue weighted by Gasteiger charge is 2.30. The fourth-order valence-electron chi connectivity index (χ4n) is 2.16. The topological polar surface area (TPSA) is 0 Å². The molecule has 0 aromatic heterocycles. The van der Waals surface area contributed by atoms with E-state index in [1.165, 1.54) is 24.3 Å². The molecule has 2 aromatic rings. The van der Waals surface area contributed by atoms with Gasteiger partial charge in [0.1, 0.15) is 5.82 Å². The molecule has 116 valence electrons. The van der Waals surface area contributed by atoms with E-state index in [0.717, 1.165) is 36.1 Å². The molecular weight excluding hydrogens is 292 g/mol. The average molecular weight is 308 g/mol. The van der Waals surface area contributed by atoms with E-state index in [4.69, 9.17) is 0 Å². The Morgan fingerprint density at radius 3 is 1.86 bits per heavy atom. The van der Waals surface area contributed by atoms with E-state index in [1.807, 2.05) is 13.0 Å². The minimum absolute atomic E-state index is 0.342. The summed E-state index contributed by atoms with van der Waals surface area (Å²) in [5, 5.41) is 0. The zero-order valence-corrected chi connectivity index (χ0v) is 12.1. The normalized spacial score (nSPS) is 12.5. The molecule has 0 fully saturated rings. The summed E-state index contributed by atoms with van der Waals surface area (Å²) < 4.78 is 50.9. The SMILES string of the molecule is CCCC=C(c1ccc(F)cc1)c1ccc(C(F)(F)F)cc1. The first-order valence-electron chi connectivity index (χ1n) is 7.05. The summed E-state index contributed by atoms with van der Waals surface area (Å²) in [4.78, 5) is 0. The largest absolute Gasteiger partial charge is 0.416 e. The summed E-state index contributed by atoms with van der Waals surface area (Å²) in [5.41, 5.74) is 1.61. The zero-order chi connectivity index (χ0) is 16.2. The van der Waals surface area contributed by atoms with Crippen LogP contribution in [0.1, 0.15) is 36.5 Å². The van der Waals surface area contributed by atoms with Gasteiger partial charge >= 0.3 is 6.18 Å². The van der Waals surface area contributed by atoms with Crippen LogP contribution < -0.4 is 0 Å². The lowest BCUT2D eigenvalue weighted by Gasteiger charge is -2.11. The second-order valence-electron chi connectivity index (χ2n) is 4.99. The van der Waals surface area contributed by atoms with Crippen molar-refractivity contribution in [2.75, 3.05) is 0 Å². The Kier molecular flexibility index (Phi) is 5.01. The number of hydrogen-bond acceptors (Lipinski definition) is 0. The molecule has 0 radical (unpaired) electrons. The van der Waals surface area contributed by atoms with Gasteiger partial charge in [0, 0.05) is 0 Å². The van der Waals surface area contributed by atoms with Gasteiger partial charge in [-0.3, -0.25) is 0 Å². The van der Waals surface area contributed by atoms with Crippen molar-refractivity contribution in [1.29, 1.82) is 0 Å². The molecule has 0 aliphatic carbocycles. The second-order valence-corrected chi connectivity index (χ2v) is 4.99. The number of benzene rings is 2.